The van der Waals surface area contributed by atoms with E-state index in [1.54, 1.807) is 19.1 Å². The minimum atomic E-state index is -0.893. The van der Waals surface area contributed by atoms with Crippen LogP contribution >= 0.6 is 0 Å². The van der Waals surface area contributed by atoms with E-state index in [-0.39, 0.29) is 23.8 Å². The zero-order valence-corrected chi connectivity index (χ0v) is 11.0. The Morgan fingerprint density at radius 3 is 2.58 bits per heavy atom. The Kier molecular flexibility index (Phi) is 3.22. The molecule has 2 N–H and O–H groups in total. The number of amides is 1. The smallest absolute Gasteiger partial charge is 0.311 e. The van der Waals surface area contributed by atoms with Crippen molar-refractivity contribution in [2.24, 2.45) is 5.41 Å². The molecule has 0 aliphatic carbocycles. The predicted molar refractivity (Wildman–Crippen MR) is 69.1 cm³/mol. The normalized spacial score (nSPS) is 22.5. The van der Waals surface area contributed by atoms with Gasteiger partial charge in [0.1, 0.15) is 5.75 Å². The summed E-state index contributed by atoms with van der Waals surface area (Å²) in [7, 11) is 0. The number of aliphatic carboxylic acids is 1. The molecule has 1 saturated heterocycles. The molecular weight excluding hydrogens is 246 g/mol. The second kappa shape index (κ2) is 4.57. The topological polar surface area (TPSA) is 77.8 Å². The van der Waals surface area contributed by atoms with E-state index in [1.807, 2.05) is 6.92 Å². The van der Waals surface area contributed by atoms with Gasteiger partial charge >= 0.3 is 5.97 Å². The Hall–Kier alpha value is -2.04. The third-order valence-electron chi connectivity index (χ3n) is 3.66. The molecule has 1 unspecified atom stereocenters. The Bertz CT molecular complexity index is 540. The summed E-state index contributed by atoms with van der Waals surface area (Å²) in [4.78, 5) is 24.9. The van der Waals surface area contributed by atoms with E-state index in [4.69, 9.17) is 5.11 Å². The van der Waals surface area contributed by atoms with Gasteiger partial charge in [0, 0.05) is 13.1 Å². The summed E-state index contributed by atoms with van der Waals surface area (Å²) < 4.78 is 0. The van der Waals surface area contributed by atoms with E-state index in [1.165, 1.54) is 11.0 Å². The average molecular weight is 263 g/mol. The van der Waals surface area contributed by atoms with Crippen molar-refractivity contribution in [3.05, 3.63) is 29.3 Å². The predicted octanol–water partition coefficient (Wildman–Crippen LogP) is 1.64. The summed E-state index contributed by atoms with van der Waals surface area (Å²) in [5.41, 5.74) is 0.196. The lowest BCUT2D eigenvalue weighted by Gasteiger charge is -2.20. The van der Waals surface area contributed by atoms with E-state index in [2.05, 4.69) is 0 Å². The molecule has 0 saturated carbocycles. The number of aromatic hydroxyl groups is 1. The van der Waals surface area contributed by atoms with Gasteiger partial charge < -0.3 is 15.1 Å². The highest BCUT2D eigenvalue weighted by Crippen LogP contribution is 2.32. The lowest BCUT2D eigenvalue weighted by atomic mass is 9.90. The maximum Gasteiger partial charge on any atom is 0.311 e. The van der Waals surface area contributed by atoms with Gasteiger partial charge in [0.05, 0.1) is 11.0 Å². The zero-order valence-electron chi connectivity index (χ0n) is 11.0. The van der Waals surface area contributed by atoms with Gasteiger partial charge in [-0.3, -0.25) is 9.59 Å². The van der Waals surface area contributed by atoms with Gasteiger partial charge in [-0.1, -0.05) is 6.07 Å². The Morgan fingerprint density at radius 2 is 2.05 bits per heavy atom. The maximum atomic E-state index is 12.3. The molecule has 1 aliphatic heterocycles. The summed E-state index contributed by atoms with van der Waals surface area (Å²) in [5, 5.41) is 18.9. The van der Waals surface area contributed by atoms with E-state index in [9.17, 15) is 14.7 Å². The van der Waals surface area contributed by atoms with E-state index >= 15 is 0 Å². The number of phenolic OH excluding ortho intramolecular Hbond substituents is 1. The number of nitrogens with zero attached hydrogens (tertiary/aromatic N) is 1. The Morgan fingerprint density at radius 1 is 1.37 bits per heavy atom. The van der Waals surface area contributed by atoms with Crippen molar-refractivity contribution in [3.8, 4) is 5.75 Å². The van der Waals surface area contributed by atoms with Crippen molar-refractivity contribution in [2.45, 2.75) is 20.3 Å². The molecule has 5 heteroatoms. The van der Waals surface area contributed by atoms with Crippen LogP contribution in [0.1, 0.15) is 29.3 Å². The molecule has 19 heavy (non-hydrogen) atoms. The van der Waals surface area contributed by atoms with Crippen LogP contribution < -0.4 is 0 Å². The highest BCUT2D eigenvalue weighted by atomic mass is 16.4. The van der Waals surface area contributed by atoms with Gasteiger partial charge in [-0.2, -0.15) is 0 Å². The molecule has 0 radical (unpaired) electrons. The molecule has 0 aromatic heterocycles. The first-order valence-electron chi connectivity index (χ1n) is 6.16. The average Bonchev–Trinajstić information content (AvgIpc) is 2.73. The van der Waals surface area contributed by atoms with Crippen LogP contribution in [0, 0.1) is 12.3 Å². The fourth-order valence-corrected chi connectivity index (χ4v) is 2.30. The van der Waals surface area contributed by atoms with Gasteiger partial charge in [-0.05, 0) is 38.0 Å². The number of aryl methyl sites for hydroxylation is 1. The zero-order chi connectivity index (χ0) is 14.2. The van der Waals surface area contributed by atoms with Gasteiger partial charge in [0.15, 0.2) is 0 Å². The lowest BCUT2D eigenvalue weighted by molar-refractivity contribution is -0.147. The second-order valence-corrected chi connectivity index (χ2v) is 5.36. The summed E-state index contributed by atoms with van der Waals surface area (Å²) in [6.07, 6.45) is 0.431. The number of carboxylic acid groups (broad SMARTS) is 1. The largest absolute Gasteiger partial charge is 0.507 e. The van der Waals surface area contributed by atoms with Gasteiger partial charge in [-0.25, -0.2) is 0 Å². The van der Waals surface area contributed by atoms with Crippen LogP contribution in [0.25, 0.3) is 0 Å². The van der Waals surface area contributed by atoms with Crippen LogP contribution in [-0.4, -0.2) is 40.1 Å². The number of carbonyl (C=O) groups is 2. The molecule has 5 nitrogen and oxygen atoms in total. The van der Waals surface area contributed by atoms with Crippen LogP contribution in [0.3, 0.4) is 0 Å². The molecule has 1 amide bonds. The first-order valence-corrected chi connectivity index (χ1v) is 6.16. The first-order chi connectivity index (χ1) is 8.83. The van der Waals surface area contributed by atoms with Crippen LogP contribution in [-0.2, 0) is 4.79 Å². The molecule has 1 fully saturated rings. The highest BCUT2D eigenvalue weighted by Gasteiger charge is 2.42. The quantitative estimate of drug-likeness (QED) is 0.850. The minimum absolute atomic E-state index is 0.0612. The molecule has 0 bridgehead atoms. The fourth-order valence-electron chi connectivity index (χ4n) is 2.30. The molecule has 1 aromatic rings. The van der Waals surface area contributed by atoms with Crippen molar-refractivity contribution < 1.29 is 19.8 Å². The van der Waals surface area contributed by atoms with Gasteiger partial charge in [0.2, 0.25) is 0 Å². The molecule has 1 heterocycles. The number of hydrogen-bond acceptors (Lipinski definition) is 3. The molecule has 1 atom stereocenters. The monoisotopic (exact) mass is 263 g/mol. The van der Waals surface area contributed by atoms with Crippen molar-refractivity contribution in [1.82, 2.24) is 4.90 Å². The summed E-state index contributed by atoms with van der Waals surface area (Å²) >= 11 is 0. The van der Waals surface area contributed by atoms with E-state index < -0.39 is 11.4 Å². The number of phenols is 1. The van der Waals surface area contributed by atoms with Gasteiger partial charge in [-0.15, -0.1) is 0 Å². The second-order valence-electron chi connectivity index (χ2n) is 5.36. The van der Waals surface area contributed by atoms with Crippen LogP contribution in [0.4, 0.5) is 0 Å². The number of rotatable bonds is 2. The molecule has 1 aliphatic rings. The molecule has 102 valence electrons. The summed E-state index contributed by atoms with van der Waals surface area (Å²) in [5.74, 6) is -1.27. The third kappa shape index (κ3) is 2.41. The van der Waals surface area contributed by atoms with E-state index in [0.717, 1.165) is 5.56 Å². The van der Waals surface area contributed by atoms with Crippen molar-refractivity contribution in [2.75, 3.05) is 13.1 Å². The molecular formula is C14H17NO4. The first kappa shape index (κ1) is 13.4. The highest BCUT2D eigenvalue weighted by molar-refractivity contribution is 5.97. The maximum absolute atomic E-state index is 12.3. The number of likely N-dealkylation sites (tertiary alicyclic amines) is 1. The molecule has 1 aromatic carbocycles. The van der Waals surface area contributed by atoms with Crippen LogP contribution in [0.5, 0.6) is 5.75 Å². The number of carbonyl (C=O) groups excluding carboxylic acids is 1. The van der Waals surface area contributed by atoms with E-state index in [0.29, 0.717) is 13.0 Å². The summed E-state index contributed by atoms with van der Waals surface area (Å²) in [6.45, 7) is 4.03. The fraction of sp³-hybridized carbons (Fsp3) is 0.429. The SMILES string of the molecule is Cc1ccc(C(=O)N2CCC(C)(C(=O)O)C2)c(O)c1. The Labute approximate surface area is 111 Å². The number of benzene rings is 1. The van der Waals surface area contributed by atoms with Gasteiger partial charge in [0.25, 0.3) is 5.91 Å². The van der Waals surface area contributed by atoms with Crippen molar-refractivity contribution >= 4 is 11.9 Å². The van der Waals surface area contributed by atoms with Crippen LogP contribution in [0.2, 0.25) is 0 Å². The minimum Gasteiger partial charge on any atom is -0.507 e. The van der Waals surface area contributed by atoms with Crippen molar-refractivity contribution in [1.29, 1.82) is 0 Å². The number of carboxylic acids is 1. The third-order valence-corrected chi connectivity index (χ3v) is 3.66. The molecule has 0 spiro atoms. The Balaban J connectivity index is 2.20. The van der Waals surface area contributed by atoms with Crippen LogP contribution in [0.15, 0.2) is 18.2 Å². The molecule has 2 rings (SSSR count). The lowest BCUT2D eigenvalue weighted by Crippen LogP contribution is -2.34. The standard InChI is InChI=1S/C14H17NO4/c1-9-3-4-10(11(16)7-9)12(17)15-6-5-14(2,8-15)13(18)19/h3-4,7,16H,5-6,8H2,1-2H3,(H,18,19). The van der Waals surface area contributed by atoms with Crippen molar-refractivity contribution in [3.63, 3.8) is 0 Å². The number of hydrogen-bond donors (Lipinski definition) is 2. The summed E-state index contributed by atoms with van der Waals surface area (Å²) in [6, 6.07) is 4.85.